The minimum atomic E-state index is -0.709. The lowest BCUT2D eigenvalue weighted by Crippen LogP contribution is -2.40. The molecule has 2 aromatic rings. The molecule has 0 fully saturated rings. The molecule has 0 unspecified atom stereocenters. The van der Waals surface area contributed by atoms with Crippen molar-refractivity contribution in [3.8, 4) is 11.5 Å². The molecular weight excluding hydrogens is 308 g/mol. The Balaban J connectivity index is 1.60. The fourth-order valence-electron chi connectivity index (χ4n) is 2.26. The summed E-state index contributed by atoms with van der Waals surface area (Å²) in [6.07, 6.45) is -0.293. The first kappa shape index (κ1) is 15.9. The first-order valence-corrected chi connectivity index (χ1v) is 7.75. The highest BCUT2D eigenvalue weighted by Crippen LogP contribution is 2.31. The number of benzene rings is 2. The van der Waals surface area contributed by atoms with E-state index >= 15 is 0 Å². The van der Waals surface area contributed by atoms with Crippen LogP contribution in [-0.4, -0.2) is 24.5 Å². The molecule has 0 saturated carbocycles. The molecule has 0 saturated heterocycles. The van der Waals surface area contributed by atoms with Gasteiger partial charge in [-0.2, -0.15) is 0 Å². The summed E-state index contributed by atoms with van der Waals surface area (Å²) in [5.74, 6) is 0.854. The summed E-state index contributed by atoms with van der Waals surface area (Å²) < 4.78 is 11.2. The van der Waals surface area contributed by atoms with Gasteiger partial charge in [0, 0.05) is 17.8 Å². The molecule has 24 heavy (non-hydrogen) atoms. The van der Waals surface area contributed by atoms with Gasteiger partial charge in [-0.1, -0.05) is 19.1 Å². The van der Waals surface area contributed by atoms with Crippen LogP contribution in [0.15, 0.2) is 48.5 Å². The van der Waals surface area contributed by atoms with Crippen molar-refractivity contribution in [2.75, 3.05) is 17.2 Å². The van der Waals surface area contributed by atoms with E-state index in [2.05, 4.69) is 10.6 Å². The third-order valence-electron chi connectivity index (χ3n) is 3.56. The summed E-state index contributed by atoms with van der Waals surface area (Å²) in [6.45, 7) is 1.95. The zero-order valence-corrected chi connectivity index (χ0v) is 13.2. The van der Waals surface area contributed by atoms with Crippen LogP contribution in [-0.2, 0) is 9.59 Å². The summed E-state index contributed by atoms with van der Waals surface area (Å²) >= 11 is 0. The number of nitrogens with one attached hydrogen (secondary N) is 2. The van der Waals surface area contributed by atoms with E-state index < -0.39 is 6.10 Å². The lowest BCUT2D eigenvalue weighted by atomic mass is 10.2. The summed E-state index contributed by atoms with van der Waals surface area (Å²) in [5, 5.41) is 5.53. The molecule has 1 heterocycles. The molecule has 1 aliphatic rings. The fourth-order valence-corrected chi connectivity index (χ4v) is 2.26. The maximum atomic E-state index is 12.3. The molecule has 6 nitrogen and oxygen atoms in total. The van der Waals surface area contributed by atoms with Gasteiger partial charge in [-0.15, -0.1) is 0 Å². The number of anilines is 2. The summed E-state index contributed by atoms with van der Waals surface area (Å²) in [4.78, 5) is 23.6. The number of amides is 2. The van der Waals surface area contributed by atoms with E-state index in [1.54, 1.807) is 43.3 Å². The highest BCUT2D eigenvalue weighted by molar-refractivity contribution is 5.95. The fraction of sp³-hybridized carbons (Fsp3) is 0.222. The van der Waals surface area contributed by atoms with Crippen LogP contribution in [0.4, 0.5) is 11.4 Å². The smallest absolute Gasteiger partial charge is 0.269 e. The molecule has 0 spiro atoms. The molecule has 3 rings (SSSR count). The molecule has 0 bridgehead atoms. The Morgan fingerprint density at radius 1 is 1.00 bits per heavy atom. The zero-order valence-electron chi connectivity index (χ0n) is 13.2. The van der Waals surface area contributed by atoms with Crippen molar-refractivity contribution in [3.05, 3.63) is 48.5 Å². The molecule has 2 amide bonds. The summed E-state index contributed by atoms with van der Waals surface area (Å²) in [5.41, 5.74) is 1.31. The number of carbonyl (C=O) groups is 2. The van der Waals surface area contributed by atoms with Crippen molar-refractivity contribution in [2.45, 2.75) is 19.4 Å². The third kappa shape index (κ3) is 3.65. The highest BCUT2D eigenvalue weighted by Gasteiger charge is 2.27. The first-order chi connectivity index (χ1) is 11.7. The summed E-state index contributed by atoms with van der Waals surface area (Å²) in [7, 11) is 0. The van der Waals surface area contributed by atoms with Crippen molar-refractivity contribution in [3.63, 3.8) is 0 Å². The number of hydrogen-bond acceptors (Lipinski definition) is 4. The minimum absolute atomic E-state index is 0.0572. The lowest BCUT2D eigenvalue weighted by Gasteiger charge is -2.25. The second-order valence-corrected chi connectivity index (χ2v) is 5.33. The molecule has 124 valence electrons. The van der Waals surface area contributed by atoms with E-state index in [1.807, 2.05) is 12.1 Å². The second-order valence-electron chi connectivity index (χ2n) is 5.33. The molecular formula is C18H18N2O4. The number of rotatable bonds is 4. The number of para-hydroxylation sites is 2. The Morgan fingerprint density at radius 3 is 2.29 bits per heavy atom. The van der Waals surface area contributed by atoms with Crippen LogP contribution in [0.25, 0.3) is 0 Å². The number of carbonyl (C=O) groups excluding carboxylic acids is 2. The van der Waals surface area contributed by atoms with Crippen molar-refractivity contribution in [1.82, 2.24) is 0 Å². The molecule has 2 aromatic carbocycles. The normalized spacial score (nSPS) is 15.5. The van der Waals surface area contributed by atoms with Gasteiger partial charge in [-0.25, -0.2) is 0 Å². The molecule has 1 atom stereocenters. The number of fused-ring (bicyclic) bond motifs is 1. The van der Waals surface area contributed by atoms with Crippen LogP contribution in [0.1, 0.15) is 13.3 Å². The molecule has 0 radical (unpaired) electrons. The number of hydrogen-bond donors (Lipinski definition) is 2. The minimum Gasteiger partial charge on any atom is -0.485 e. The standard InChI is InChI=1S/C18H18N2O4/c1-2-17(21)19-12-7-9-13(10-8-12)20-18(22)16-11-23-14-5-3-4-6-15(14)24-16/h3-10,16H,2,11H2,1H3,(H,19,21)(H,20,22)/t16-/m0/s1. The lowest BCUT2D eigenvalue weighted by molar-refractivity contribution is -0.125. The SMILES string of the molecule is CCC(=O)Nc1ccc(NC(=O)[C@@H]2COc3ccccc3O2)cc1. The van der Waals surface area contributed by atoms with E-state index in [-0.39, 0.29) is 18.4 Å². The van der Waals surface area contributed by atoms with E-state index in [4.69, 9.17) is 9.47 Å². The van der Waals surface area contributed by atoms with Crippen molar-refractivity contribution in [2.24, 2.45) is 0 Å². The Morgan fingerprint density at radius 2 is 1.62 bits per heavy atom. The van der Waals surface area contributed by atoms with Gasteiger partial charge >= 0.3 is 0 Å². The van der Waals surface area contributed by atoms with Crippen LogP contribution in [0.5, 0.6) is 11.5 Å². The van der Waals surface area contributed by atoms with E-state index in [9.17, 15) is 9.59 Å². The maximum Gasteiger partial charge on any atom is 0.269 e. The molecule has 0 aliphatic carbocycles. The van der Waals surface area contributed by atoms with Gasteiger partial charge in [0.2, 0.25) is 12.0 Å². The zero-order chi connectivity index (χ0) is 16.9. The monoisotopic (exact) mass is 326 g/mol. The van der Waals surface area contributed by atoms with Crippen LogP contribution in [0.2, 0.25) is 0 Å². The van der Waals surface area contributed by atoms with Crippen molar-refractivity contribution < 1.29 is 19.1 Å². The Hall–Kier alpha value is -3.02. The second kappa shape index (κ2) is 7.04. The average molecular weight is 326 g/mol. The highest BCUT2D eigenvalue weighted by atomic mass is 16.6. The molecule has 1 aliphatic heterocycles. The van der Waals surface area contributed by atoms with Crippen molar-refractivity contribution >= 4 is 23.2 Å². The van der Waals surface area contributed by atoms with Crippen LogP contribution < -0.4 is 20.1 Å². The van der Waals surface area contributed by atoms with E-state index in [0.717, 1.165) is 0 Å². The van der Waals surface area contributed by atoms with E-state index in [1.165, 1.54) is 0 Å². The van der Waals surface area contributed by atoms with Gasteiger partial charge in [0.1, 0.15) is 6.61 Å². The quantitative estimate of drug-likeness (QED) is 0.906. The van der Waals surface area contributed by atoms with Crippen LogP contribution in [0.3, 0.4) is 0 Å². The Bertz CT molecular complexity index is 743. The largest absolute Gasteiger partial charge is 0.485 e. The van der Waals surface area contributed by atoms with Gasteiger partial charge in [-0.05, 0) is 36.4 Å². The number of ether oxygens (including phenoxy) is 2. The van der Waals surface area contributed by atoms with Gasteiger partial charge in [0.05, 0.1) is 0 Å². The van der Waals surface area contributed by atoms with Gasteiger partial charge < -0.3 is 20.1 Å². The van der Waals surface area contributed by atoms with Crippen molar-refractivity contribution in [1.29, 1.82) is 0 Å². The average Bonchev–Trinajstić information content (AvgIpc) is 2.62. The van der Waals surface area contributed by atoms with Gasteiger partial charge in [-0.3, -0.25) is 9.59 Å². The van der Waals surface area contributed by atoms with Crippen LogP contribution >= 0.6 is 0 Å². The predicted octanol–water partition coefficient (Wildman–Crippen LogP) is 2.81. The van der Waals surface area contributed by atoms with Gasteiger partial charge in [0.15, 0.2) is 11.5 Å². The third-order valence-corrected chi connectivity index (χ3v) is 3.56. The Labute approximate surface area is 139 Å². The Kier molecular flexibility index (Phi) is 4.65. The topological polar surface area (TPSA) is 76.7 Å². The van der Waals surface area contributed by atoms with Gasteiger partial charge in [0.25, 0.3) is 5.91 Å². The molecule has 0 aromatic heterocycles. The molecule has 2 N–H and O–H groups in total. The maximum absolute atomic E-state index is 12.3. The molecule has 6 heteroatoms. The first-order valence-electron chi connectivity index (χ1n) is 7.75. The predicted molar refractivity (Wildman–Crippen MR) is 90.3 cm³/mol. The van der Waals surface area contributed by atoms with Crippen LogP contribution in [0, 0.1) is 0 Å². The summed E-state index contributed by atoms with van der Waals surface area (Å²) in [6, 6.07) is 14.1. The van der Waals surface area contributed by atoms with E-state index in [0.29, 0.717) is 29.3 Å².